The van der Waals surface area contributed by atoms with Gasteiger partial charge in [-0.1, -0.05) is 60.1 Å². The molecule has 37 heavy (non-hydrogen) atoms. The molecule has 1 atom stereocenters. The van der Waals surface area contributed by atoms with Crippen LogP contribution in [0, 0.1) is 5.82 Å². The number of hydrogen-bond donors (Lipinski definition) is 1. The highest BCUT2D eigenvalue weighted by molar-refractivity contribution is 7.99. The van der Waals surface area contributed by atoms with Crippen molar-refractivity contribution in [1.82, 2.24) is 10.2 Å². The second kappa shape index (κ2) is 14.1. The molecule has 0 bridgehead atoms. The number of nitrogens with one attached hydrogen (secondary N) is 1. The molecule has 1 N–H and O–H groups in total. The number of ether oxygens (including phenoxy) is 1. The van der Waals surface area contributed by atoms with Gasteiger partial charge in [-0.15, -0.1) is 11.8 Å². The highest BCUT2D eigenvalue weighted by Crippen LogP contribution is 2.25. The van der Waals surface area contributed by atoms with Crippen molar-refractivity contribution in [2.75, 3.05) is 12.9 Å². The first-order valence-corrected chi connectivity index (χ1v) is 13.6. The van der Waals surface area contributed by atoms with Gasteiger partial charge in [0.15, 0.2) is 0 Å². The summed E-state index contributed by atoms with van der Waals surface area (Å²) in [7, 11) is 1.58. The summed E-state index contributed by atoms with van der Waals surface area (Å²) in [5.74, 6) is 0.122. The Labute approximate surface area is 227 Å². The molecule has 0 fully saturated rings. The quantitative estimate of drug-likeness (QED) is 0.310. The van der Waals surface area contributed by atoms with Gasteiger partial charge in [0.25, 0.3) is 0 Å². The fourth-order valence-electron chi connectivity index (χ4n) is 3.90. The number of carbonyl (C=O) groups excluding carboxylic acids is 2. The van der Waals surface area contributed by atoms with E-state index in [1.807, 2.05) is 68.4 Å². The Hall–Kier alpha value is -3.03. The number of amides is 2. The molecule has 3 aromatic rings. The maximum atomic E-state index is 14.2. The standard InChI is InChI=1S/C29H32ClFN2O3S/c1-20(2)32-29(35)27(16-21-9-5-4-6-10-21)33(17-22-11-7-12-23(15-22)36-3)28(34)19-37-18-24-25(30)13-8-14-26(24)31/h4-15,20,27H,16-19H2,1-3H3,(H,32,35). The van der Waals surface area contributed by atoms with E-state index < -0.39 is 11.9 Å². The van der Waals surface area contributed by atoms with E-state index in [-0.39, 0.29) is 35.9 Å². The molecule has 0 spiro atoms. The maximum absolute atomic E-state index is 14.2. The maximum Gasteiger partial charge on any atom is 0.243 e. The fraction of sp³-hybridized carbons (Fsp3) is 0.310. The Balaban J connectivity index is 1.88. The van der Waals surface area contributed by atoms with Crippen LogP contribution >= 0.6 is 23.4 Å². The van der Waals surface area contributed by atoms with Crippen LogP contribution in [0.3, 0.4) is 0 Å². The third-order valence-corrected chi connectivity index (χ3v) is 7.02. The van der Waals surface area contributed by atoms with E-state index in [0.29, 0.717) is 22.8 Å². The third-order valence-electron chi connectivity index (χ3n) is 5.72. The summed E-state index contributed by atoms with van der Waals surface area (Å²) in [6.45, 7) is 4.00. The zero-order valence-electron chi connectivity index (χ0n) is 21.2. The average Bonchev–Trinajstić information content (AvgIpc) is 2.88. The zero-order chi connectivity index (χ0) is 26.8. The van der Waals surface area contributed by atoms with Crippen LogP contribution in [-0.2, 0) is 28.3 Å². The van der Waals surface area contributed by atoms with Gasteiger partial charge in [-0.2, -0.15) is 0 Å². The van der Waals surface area contributed by atoms with Gasteiger partial charge in [0.05, 0.1) is 12.9 Å². The van der Waals surface area contributed by atoms with Gasteiger partial charge < -0.3 is 15.0 Å². The smallest absolute Gasteiger partial charge is 0.243 e. The van der Waals surface area contributed by atoms with Gasteiger partial charge in [0.2, 0.25) is 11.8 Å². The predicted molar refractivity (Wildman–Crippen MR) is 148 cm³/mol. The van der Waals surface area contributed by atoms with Crippen molar-refractivity contribution >= 4 is 35.2 Å². The van der Waals surface area contributed by atoms with Crippen LogP contribution < -0.4 is 10.1 Å². The van der Waals surface area contributed by atoms with Crippen molar-refractivity contribution in [3.05, 3.63) is 100 Å². The molecule has 5 nitrogen and oxygen atoms in total. The molecule has 0 aliphatic heterocycles. The molecule has 0 heterocycles. The normalized spacial score (nSPS) is 11.7. The summed E-state index contributed by atoms with van der Waals surface area (Å²) in [4.78, 5) is 28.7. The lowest BCUT2D eigenvalue weighted by Crippen LogP contribution is -2.52. The van der Waals surface area contributed by atoms with E-state index in [0.717, 1.165) is 11.1 Å². The lowest BCUT2D eigenvalue weighted by Gasteiger charge is -2.32. The van der Waals surface area contributed by atoms with Gasteiger partial charge in [0, 0.05) is 35.3 Å². The number of thioether (sulfide) groups is 1. The Morgan fingerprint density at radius 3 is 2.41 bits per heavy atom. The Morgan fingerprint density at radius 1 is 1.03 bits per heavy atom. The molecular formula is C29H32ClFN2O3S. The van der Waals surface area contributed by atoms with Crippen molar-refractivity contribution < 1.29 is 18.7 Å². The van der Waals surface area contributed by atoms with Crippen molar-refractivity contribution in [3.8, 4) is 5.75 Å². The average molecular weight is 543 g/mol. The number of hydrogen-bond acceptors (Lipinski definition) is 4. The number of methoxy groups -OCH3 is 1. The van der Waals surface area contributed by atoms with Crippen LogP contribution in [0.5, 0.6) is 5.75 Å². The molecule has 0 aromatic heterocycles. The molecular weight excluding hydrogens is 511 g/mol. The summed E-state index contributed by atoms with van der Waals surface area (Å²) in [5, 5.41) is 3.30. The molecule has 196 valence electrons. The molecule has 0 aliphatic rings. The Bertz CT molecular complexity index is 1170. The first-order valence-electron chi connectivity index (χ1n) is 12.1. The van der Waals surface area contributed by atoms with Gasteiger partial charge in [-0.3, -0.25) is 9.59 Å². The van der Waals surface area contributed by atoms with Crippen molar-refractivity contribution in [1.29, 1.82) is 0 Å². The lowest BCUT2D eigenvalue weighted by molar-refractivity contribution is -0.139. The summed E-state index contributed by atoms with van der Waals surface area (Å²) in [6, 6.07) is 20.8. The second-order valence-corrected chi connectivity index (χ2v) is 10.3. The summed E-state index contributed by atoms with van der Waals surface area (Å²) < 4.78 is 19.6. The van der Waals surface area contributed by atoms with Crippen molar-refractivity contribution in [3.63, 3.8) is 0 Å². The van der Waals surface area contributed by atoms with Gasteiger partial charge in [0.1, 0.15) is 17.6 Å². The third kappa shape index (κ3) is 8.51. The minimum Gasteiger partial charge on any atom is -0.497 e. The van der Waals surface area contributed by atoms with E-state index in [2.05, 4.69) is 5.32 Å². The van der Waals surface area contributed by atoms with Crippen LogP contribution in [0.2, 0.25) is 5.02 Å². The first-order chi connectivity index (χ1) is 17.8. The molecule has 0 saturated heterocycles. The highest BCUT2D eigenvalue weighted by Gasteiger charge is 2.30. The molecule has 8 heteroatoms. The topological polar surface area (TPSA) is 58.6 Å². The molecule has 0 radical (unpaired) electrons. The van der Waals surface area contributed by atoms with Crippen LogP contribution in [0.4, 0.5) is 4.39 Å². The number of benzene rings is 3. The van der Waals surface area contributed by atoms with Gasteiger partial charge in [-0.25, -0.2) is 4.39 Å². The number of carbonyl (C=O) groups is 2. The van der Waals surface area contributed by atoms with Gasteiger partial charge in [-0.05, 0) is 49.2 Å². The fourth-order valence-corrected chi connectivity index (χ4v) is 5.14. The zero-order valence-corrected chi connectivity index (χ0v) is 22.8. The predicted octanol–water partition coefficient (Wildman–Crippen LogP) is 5.89. The minimum atomic E-state index is -0.735. The Kier molecular flexibility index (Phi) is 10.8. The summed E-state index contributed by atoms with van der Waals surface area (Å²) in [5.41, 5.74) is 2.14. The second-order valence-electron chi connectivity index (χ2n) is 8.93. The molecule has 1 unspecified atom stereocenters. The van der Waals surface area contributed by atoms with E-state index in [1.165, 1.54) is 17.8 Å². The van der Waals surface area contributed by atoms with Crippen LogP contribution in [-0.4, -0.2) is 41.7 Å². The van der Waals surface area contributed by atoms with Crippen LogP contribution in [0.25, 0.3) is 0 Å². The lowest BCUT2D eigenvalue weighted by atomic mass is 10.0. The highest BCUT2D eigenvalue weighted by atomic mass is 35.5. The molecule has 3 rings (SSSR count). The van der Waals surface area contributed by atoms with Crippen LogP contribution in [0.15, 0.2) is 72.8 Å². The largest absolute Gasteiger partial charge is 0.497 e. The van der Waals surface area contributed by atoms with Crippen molar-refractivity contribution in [2.45, 2.75) is 44.6 Å². The molecule has 0 saturated carbocycles. The van der Waals surface area contributed by atoms with E-state index in [1.54, 1.807) is 24.1 Å². The number of halogens is 2. The minimum absolute atomic E-state index is 0.0644. The summed E-state index contributed by atoms with van der Waals surface area (Å²) >= 11 is 7.43. The van der Waals surface area contributed by atoms with E-state index in [4.69, 9.17) is 16.3 Å². The Morgan fingerprint density at radius 2 is 1.73 bits per heavy atom. The van der Waals surface area contributed by atoms with Crippen molar-refractivity contribution in [2.24, 2.45) is 0 Å². The first kappa shape index (κ1) is 28.5. The number of rotatable bonds is 12. The molecule has 0 aliphatic carbocycles. The number of nitrogens with zero attached hydrogens (tertiary/aromatic N) is 1. The summed E-state index contributed by atoms with van der Waals surface area (Å²) in [6.07, 6.45) is 0.360. The monoisotopic (exact) mass is 542 g/mol. The van der Waals surface area contributed by atoms with E-state index >= 15 is 0 Å². The molecule has 3 aromatic carbocycles. The van der Waals surface area contributed by atoms with Gasteiger partial charge >= 0.3 is 0 Å². The van der Waals surface area contributed by atoms with E-state index in [9.17, 15) is 14.0 Å². The van der Waals surface area contributed by atoms with Crippen LogP contribution in [0.1, 0.15) is 30.5 Å². The SMILES string of the molecule is COc1cccc(CN(C(=O)CSCc2c(F)cccc2Cl)C(Cc2ccccc2)C(=O)NC(C)C)c1. The molecule has 2 amide bonds.